The van der Waals surface area contributed by atoms with Gasteiger partial charge in [-0.25, -0.2) is 8.78 Å². The van der Waals surface area contributed by atoms with Crippen molar-refractivity contribution in [1.29, 1.82) is 0 Å². The van der Waals surface area contributed by atoms with E-state index in [0.717, 1.165) is 0 Å². The zero-order chi connectivity index (χ0) is 14.6. The van der Waals surface area contributed by atoms with Crippen LogP contribution in [0.4, 0.5) is 14.5 Å². The first kappa shape index (κ1) is 14.9. The summed E-state index contributed by atoms with van der Waals surface area (Å²) in [5, 5.41) is 30.2. The molecule has 0 radical (unpaired) electrons. The summed E-state index contributed by atoms with van der Waals surface area (Å²) in [5.41, 5.74) is -1.57. The molecule has 1 aromatic rings. The second-order valence-corrected chi connectivity index (χ2v) is 3.59. The summed E-state index contributed by atoms with van der Waals surface area (Å²) < 4.78 is 25.8. The van der Waals surface area contributed by atoms with Crippen LogP contribution in [0.25, 0.3) is 0 Å². The van der Waals surface area contributed by atoms with Gasteiger partial charge in [-0.15, -0.1) is 0 Å². The van der Waals surface area contributed by atoms with Crippen LogP contribution in [0.3, 0.4) is 0 Å². The molecule has 3 N–H and O–H groups in total. The number of nitrogens with zero attached hydrogens (tertiary/aromatic N) is 1. The summed E-state index contributed by atoms with van der Waals surface area (Å²) in [4.78, 5) is 21.2. The molecule has 0 aliphatic heterocycles. The average molecular weight is 276 g/mol. The molecule has 1 aromatic carbocycles. The van der Waals surface area contributed by atoms with Gasteiger partial charge in [-0.2, -0.15) is 0 Å². The zero-order valence-corrected chi connectivity index (χ0v) is 9.47. The summed E-state index contributed by atoms with van der Waals surface area (Å²) in [6, 6.07) is 0.695. The predicted octanol–water partition coefficient (Wildman–Crippen LogP) is -0.0440. The molecule has 0 heterocycles. The lowest BCUT2D eigenvalue weighted by Gasteiger charge is -2.09. The molecular formula is C10H10F2N2O5. The Hall–Kier alpha value is -2.13. The van der Waals surface area contributed by atoms with Crippen LogP contribution in [-0.4, -0.2) is 40.3 Å². The minimum absolute atomic E-state index is 0.298. The predicted molar refractivity (Wildman–Crippen MR) is 58.4 cm³/mol. The minimum atomic E-state index is -1.45. The van der Waals surface area contributed by atoms with Gasteiger partial charge in [0.15, 0.2) is 11.6 Å². The Labute approximate surface area is 105 Å². The number of amides is 1. The van der Waals surface area contributed by atoms with Crippen LogP contribution < -0.4 is 5.32 Å². The first-order valence-electron chi connectivity index (χ1n) is 5.07. The van der Waals surface area contributed by atoms with E-state index in [9.17, 15) is 23.7 Å². The average Bonchev–Trinajstić information content (AvgIpc) is 2.37. The molecule has 0 bridgehead atoms. The second kappa shape index (κ2) is 6.16. The SMILES string of the molecule is O=C(NCC(O)CO)c1cc(F)c(F)cc1[N+](=O)[O-]. The van der Waals surface area contributed by atoms with Crippen LogP contribution in [0.15, 0.2) is 12.1 Å². The molecule has 1 atom stereocenters. The van der Waals surface area contributed by atoms with E-state index in [-0.39, 0.29) is 6.54 Å². The van der Waals surface area contributed by atoms with E-state index in [4.69, 9.17) is 10.2 Å². The molecular weight excluding hydrogens is 266 g/mol. The molecule has 0 spiro atoms. The van der Waals surface area contributed by atoms with Crippen LogP contribution >= 0.6 is 0 Å². The van der Waals surface area contributed by atoms with Gasteiger partial charge >= 0.3 is 0 Å². The molecule has 104 valence electrons. The maximum absolute atomic E-state index is 13.0. The fourth-order valence-corrected chi connectivity index (χ4v) is 1.24. The number of hydrogen-bond acceptors (Lipinski definition) is 5. The topological polar surface area (TPSA) is 113 Å². The van der Waals surface area contributed by atoms with E-state index in [1.807, 2.05) is 5.32 Å². The monoisotopic (exact) mass is 276 g/mol. The summed E-state index contributed by atoms with van der Waals surface area (Å²) in [5.74, 6) is -3.91. The van der Waals surface area contributed by atoms with Crippen LogP contribution in [-0.2, 0) is 0 Å². The van der Waals surface area contributed by atoms with E-state index >= 15 is 0 Å². The van der Waals surface area contributed by atoms with E-state index in [1.165, 1.54) is 0 Å². The largest absolute Gasteiger partial charge is 0.394 e. The van der Waals surface area contributed by atoms with Gasteiger partial charge in [0.05, 0.1) is 23.7 Å². The van der Waals surface area contributed by atoms with Crippen molar-refractivity contribution >= 4 is 11.6 Å². The van der Waals surface area contributed by atoms with Gasteiger partial charge in [-0.1, -0.05) is 0 Å². The number of nitro groups is 1. The van der Waals surface area contributed by atoms with Gasteiger partial charge < -0.3 is 15.5 Å². The Morgan fingerprint density at radius 1 is 1.42 bits per heavy atom. The lowest BCUT2D eigenvalue weighted by atomic mass is 10.1. The Morgan fingerprint density at radius 2 is 2.00 bits per heavy atom. The van der Waals surface area contributed by atoms with Crippen LogP contribution in [0, 0.1) is 21.7 Å². The van der Waals surface area contributed by atoms with E-state index in [0.29, 0.717) is 12.1 Å². The Balaban J connectivity index is 3.01. The standard InChI is InChI=1S/C10H10F2N2O5/c11-7-1-6(9(14(18)19)2-8(7)12)10(17)13-3-5(16)4-15/h1-2,5,15-16H,3-4H2,(H,13,17). The highest BCUT2D eigenvalue weighted by atomic mass is 19.2. The smallest absolute Gasteiger partial charge is 0.285 e. The molecule has 1 amide bonds. The number of nitrogens with one attached hydrogen (secondary N) is 1. The molecule has 1 unspecified atom stereocenters. The quantitative estimate of drug-likeness (QED) is 0.515. The maximum atomic E-state index is 13.0. The number of aliphatic hydroxyl groups is 2. The van der Waals surface area contributed by atoms with Gasteiger partial charge in [0.1, 0.15) is 5.56 Å². The Kier molecular flexibility index (Phi) is 4.84. The van der Waals surface area contributed by atoms with Crippen molar-refractivity contribution in [1.82, 2.24) is 5.32 Å². The number of halogens is 2. The van der Waals surface area contributed by atoms with Crippen LogP contribution in [0.5, 0.6) is 0 Å². The molecule has 0 saturated carbocycles. The summed E-state index contributed by atoms with van der Waals surface area (Å²) in [6.45, 7) is -1.01. The lowest BCUT2D eigenvalue weighted by molar-refractivity contribution is -0.385. The van der Waals surface area contributed by atoms with Gasteiger partial charge in [-0.05, 0) is 6.07 Å². The molecule has 0 fully saturated rings. The third-order valence-electron chi connectivity index (χ3n) is 2.19. The second-order valence-electron chi connectivity index (χ2n) is 3.59. The molecule has 7 nitrogen and oxygen atoms in total. The van der Waals surface area contributed by atoms with Crippen LogP contribution in [0.2, 0.25) is 0 Å². The highest BCUT2D eigenvalue weighted by Crippen LogP contribution is 2.22. The first-order chi connectivity index (χ1) is 8.86. The van der Waals surface area contributed by atoms with Crippen molar-refractivity contribution in [3.05, 3.63) is 39.4 Å². The zero-order valence-electron chi connectivity index (χ0n) is 9.47. The normalized spacial score (nSPS) is 12.0. The lowest BCUT2D eigenvalue weighted by Crippen LogP contribution is -2.34. The van der Waals surface area contributed by atoms with Crippen molar-refractivity contribution in [3.8, 4) is 0 Å². The summed E-state index contributed by atoms with van der Waals surface area (Å²) in [6.07, 6.45) is -1.26. The summed E-state index contributed by atoms with van der Waals surface area (Å²) >= 11 is 0. The number of benzene rings is 1. The highest BCUT2D eigenvalue weighted by molar-refractivity contribution is 5.98. The number of hydrogen-bond donors (Lipinski definition) is 3. The number of carbonyl (C=O) groups excluding carboxylic acids is 1. The van der Waals surface area contributed by atoms with Crippen molar-refractivity contribution in [2.45, 2.75) is 6.10 Å². The highest BCUT2D eigenvalue weighted by Gasteiger charge is 2.24. The number of aliphatic hydroxyl groups excluding tert-OH is 2. The molecule has 1 rings (SSSR count). The van der Waals surface area contributed by atoms with E-state index < -0.39 is 46.4 Å². The third kappa shape index (κ3) is 3.66. The fourth-order valence-electron chi connectivity index (χ4n) is 1.24. The van der Waals surface area contributed by atoms with Gasteiger partial charge in [0.2, 0.25) is 0 Å². The van der Waals surface area contributed by atoms with Crippen molar-refractivity contribution in [2.75, 3.05) is 13.2 Å². The van der Waals surface area contributed by atoms with Gasteiger partial charge in [-0.3, -0.25) is 14.9 Å². The van der Waals surface area contributed by atoms with E-state index in [1.54, 1.807) is 0 Å². The maximum Gasteiger partial charge on any atom is 0.285 e. The molecule has 0 saturated heterocycles. The Bertz CT molecular complexity index is 509. The Morgan fingerprint density at radius 3 is 2.53 bits per heavy atom. The van der Waals surface area contributed by atoms with Crippen molar-refractivity contribution in [3.63, 3.8) is 0 Å². The van der Waals surface area contributed by atoms with Gasteiger partial charge in [0, 0.05) is 6.54 Å². The third-order valence-corrected chi connectivity index (χ3v) is 2.19. The number of rotatable bonds is 5. The minimum Gasteiger partial charge on any atom is -0.394 e. The van der Waals surface area contributed by atoms with Gasteiger partial charge in [0.25, 0.3) is 11.6 Å². The van der Waals surface area contributed by atoms with Crippen molar-refractivity contribution in [2.24, 2.45) is 0 Å². The van der Waals surface area contributed by atoms with Crippen molar-refractivity contribution < 1.29 is 28.7 Å². The molecule has 0 aromatic heterocycles. The molecule has 9 heteroatoms. The fraction of sp³-hybridized carbons (Fsp3) is 0.300. The molecule has 0 aliphatic rings. The molecule has 19 heavy (non-hydrogen) atoms. The van der Waals surface area contributed by atoms with E-state index in [2.05, 4.69) is 0 Å². The number of carbonyl (C=O) groups is 1. The molecule has 0 aliphatic carbocycles. The summed E-state index contributed by atoms with van der Waals surface area (Å²) in [7, 11) is 0. The van der Waals surface area contributed by atoms with Crippen LogP contribution in [0.1, 0.15) is 10.4 Å². The first-order valence-corrected chi connectivity index (χ1v) is 5.07. The number of nitro benzene ring substituents is 1.